The molecule has 0 radical (unpaired) electrons. The summed E-state index contributed by atoms with van der Waals surface area (Å²) in [5, 5.41) is 3.25. The number of hydrogen-bond acceptors (Lipinski definition) is 6. The van der Waals surface area contributed by atoms with Crippen LogP contribution in [0.2, 0.25) is 0 Å². The molecule has 1 aliphatic carbocycles. The number of methoxy groups -OCH3 is 1. The zero-order valence-electron chi connectivity index (χ0n) is 26.4. The lowest BCUT2D eigenvalue weighted by atomic mass is 9.86. The summed E-state index contributed by atoms with van der Waals surface area (Å²) in [5.74, 6) is 0.724. The summed E-state index contributed by atoms with van der Waals surface area (Å²) in [5.41, 5.74) is 3.40. The van der Waals surface area contributed by atoms with Crippen LogP contribution >= 0.6 is 0 Å². The first-order valence-corrected chi connectivity index (χ1v) is 16.1. The number of ketones is 1. The minimum absolute atomic E-state index is 0.129. The quantitative estimate of drug-likeness (QED) is 0.116. The normalized spacial score (nSPS) is 13.8. The van der Waals surface area contributed by atoms with Crippen molar-refractivity contribution in [3.63, 3.8) is 0 Å². The van der Waals surface area contributed by atoms with Crippen molar-refractivity contribution in [2.24, 2.45) is 5.92 Å². The Bertz CT molecular complexity index is 1570. The molecule has 4 aromatic rings. The molecule has 238 valence electrons. The average Bonchev–Trinajstić information content (AvgIpc) is 3.11. The second kappa shape index (κ2) is 16.4. The highest BCUT2D eigenvalue weighted by Gasteiger charge is 2.24. The molecule has 1 saturated carbocycles. The van der Waals surface area contributed by atoms with Crippen molar-refractivity contribution in [3.05, 3.63) is 126 Å². The van der Waals surface area contributed by atoms with Crippen molar-refractivity contribution in [1.82, 2.24) is 0 Å². The molecule has 7 nitrogen and oxygen atoms in total. The Balaban J connectivity index is 1.21. The number of anilines is 2. The molecule has 4 aromatic carbocycles. The average molecular weight is 619 g/mol. The molecule has 46 heavy (non-hydrogen) atoms. The van der Waals surface area contributed by atoms with Gasteiger partial charge in [0.2, 0.25) is 5.91 Å². The van der Waals surface area contributed by atoms with Crippen molar-refractivity contribution in [2.75, 3.05) is 30.5 Å². The monoisotopic (exact) mass is 618 g/mol. The molecule has 0 unspecified atom stereocenters. The Morgan fingerprint density at radius 2 is 1.46 bits per heavy atom. The lowest BCUT2D eigenvalue weighted by molar-refractivity contribution is -0.141. The topological polar surface area (TPSA) is 84.9 Å². The first-order chi connectivity index (χ1) is 22.5. The van der Waals surface area contributed by atoms with Gasteiger partial charge >= 0.3 is 5.97 Å². The van der Waals surface area contributed by atoms with Crippen LogP contribution in [0.3, 0.4) is 0 Å². The Kier molecular flexibility index (Phi) is 11.6. The molecule has 0 aliphatic heterocycles. The SMILES string of the molecule is COC(=O)[C@H](Cc1ccc(OCCN(C(=O)CC2CCCCC2)c2ccccc2)cc1)Nc1ccccc1C(=O)c1ccccc1. The van der Waals surface area contributed by atoms with Gasteiger partial charge in [0.25, 0.3) is 0 Å². The predicted octanol–water partition coefficient (Wildman–Crippen LogP) is 7.50. The van der Waals surface area contributed by atoms with Crippen LogP contribution in [0, 0.1) is 5.92 Å². The molecule has 1 aliphatic rings. The number of carbonyl (C=O) groups is 3. The molecule has 1 amide bonds. The second-order valence-electron chi connectivity index (χ2n) is 11.7. The van der Waals surface area contributed by atoms with Gasteiger partial charge in [-0.25, -0.2) is 4.79 Å². The van der Waals surface area contributed by atoms with Crippen molar-refractivity contribution >= 4 is 29.0 Å². The number of amides is 1. The van der Waals surface area contributed by atoms with Gasteiger partial charge in [0.05, 0.1) is 13.7 Å². The van der Waals surface area contributed by atoms with Gasteiger partial charge in [-0.2, -0.15) is 0 Å². The van der Waals surface area contributed by atoms with E-state index in [0.717, 1.165) is 24.1 Å². The lowest BCUT2D eigenvalue weighted by Gasteiger charge is -2.27. The van der Waals surface area contributed by atoms with Gasteiger partial charge in [-0.05, 0) is 60.7 Å². The fraction of sp³-hybridized carbons (Fsp3) is 0.308. The molecule has 1 fully saturated rings. The summed E-state index contributed by atoms with van der Waals surface area (Å²) in [6, 6.07) is 32.9. The molecule has 0 aromatic heterocycles. The fourth-order valence-corrected chi connectivity index (χ4v) is 6.04. The molecule has 0 bridgehead atoms. The summed E-state index contributed by atoms with van der Waals surface area (Å²) in [4.78, 5) is 41.2. The van der Waals surface area contributed by atoms with E-state index in [1.165, 1.54) is 26.4 Å². The van der Waals surface area contributed by atoms with E-state index < -0.39 is 12.0 Å². The van der Waals surface area contributed by atoms with E-state index >= 15 is 0 Å². The van der Waals surface area contributed by atoms with E-state index in [0.29, 0.717) is 54.5 Å². The molecule has 1 N–H and O–H groups in total. The minimum Gasteiger partial charge on any atom is -0.492 e. The third kappa shape index (κ3) is 8.84. The van der Waals surface area contributed by atoms with Crippen LogP contribution in [-0.2, 0) is 20.7 Å². The van der Waals surface area contributed by atoms with E-state index in [1.54, 1.807) is 30.3 Å². The highest BCUT2D eigenvalue weighted by atomic mass is 16.5. The van der Waals surface area contributed by atoms with Crippen LogP contribution < -0.4 is 15.0 Å². The van der Waals surface area contributed by atoms with Crippen molar-refractivity contribution in [1.29, 1.82) is 0 Å². The van der Waals surface area contributed by atoms with Crippen molar-refractivity contribution in [2.45, 2.75) is 51.0 Å². The van der Waals surface area contributed by atoms with Gasteiger partial charge in [-0.3, -0.25) is 9.59 Å². The van der Waals surface area contributed by atoms with Gasteiger partial charge in [0.15, 0.2) is 5.78 Å². The van der Waals surface area contributed by atoms with E-state index in [2.05, 4.69) is 5.32 Å². The van der Waals surface area contributed by atoms with Crippen LogP contribution in [0.25, 0.3) is 0 Å². The number of esters is 1. The Morgan fingerprint density at radius 3 is 2.15 bits per heavy atom. The molecule has 1 atom stereocenters. The third-order valence-corrected chi connectivity index (χ3v) is 8.53. The maximum absolute atomic E-state index is 13.4. The Morgan fingerprint density at radius 1 is 0.804 bits per heavy atom. The second-order valence-corrected chi connectivity index (χ2v) is 11.7. The van der Waals surface area contributed by atoms with E-state index in [1.807, 2.05) is 83.8 Å². The zero-order chi connectivity index (χ0) is 32.1. The molecule has 7 heteroatoms. The lowest BCUT2D eigenvalue weighted by Crippen LogP contribution is -2.36. The Hall–Kier alpha value is -4.91. The van der Waals surface area contributed by atoms with Crippen molar-refractivity contribution < 1.29 is 23.9 Å². The number of nitrogens with one attached hydrogen (secondary N) is 1. The zero-order valence-corrected chi connectivity index (χ0v) is 26.4. The molecular weight excluding hydrogens is 576 g/mol. The van der Waals surface area contributed by atoms with Crippen LogP contribution in [0.4, 0.5) is 11.4 Å². The fourth-order valence-electron chi connectivity index (χ4n) is 6.04. The molecule has 5 rings (SSSR count). The van der Waals surface area contributed by atoms with E-state index in [9.17, 15) is 14.4 Å². The van der Waals surface area contributed by atoms with Gasteiger partial charge in [0.1, 0.15) is 18.4 Å². The van der Waals surface area contributed by atoms with Crippen LogP contribution in [0.15, 0.2) is 109 Å². The number of para-hydroxylation sites is 2. The first-order valence-electron chi connectivity index (χ1n) is 16.1. The molecule has 0 heterocycles. The summed E-state index contributed by atoms with van der Waals surface area (Å²) < 4.78 is 11.2. The Labute approximate surface area is 271 Å². The summed E-state index contributed by atoms with van der Waals surface area (Å²) >= 11 is 0. The highest BCUT2D eigenvalue weighted by Crippen LogP contribution is 2.28. The number of rotatable bonds is 14. The van der Waals surface area contributed by atoms with Crippen LogP contribution in [0.1, 0.15) is 60.0 Å². The van der Waals surface area contributed by atoms with Gasteiger partial charge < -0.3 is 19.7 Å². The smallest absolute Gasteiger partial charge is 0.328 e. The van der Waals surface area contributed by atoms with Crippen molar-refractivity contribution in [3.8, 4) is 5.75 Å². The van der Waals surface area contributed by atoms with Crippen LogP contribution in [-0.4, -0.2) is 44.0 Å². The van der Waals surface area contributed by atoms with Gasteiger partial charge in [0, 0.05) is 35.3 Å². The summed E-state index contributed by atoms with van der Waals surface area (Å²) in [6.45, 7) is 0.802. The molecular formula is C39H42N2O5. The predicted molar refractivity (Wildman–Crippen MR) is 181 cm³/mol. The number of benzene rings is 4. The number of nitrogens with zero attached hydrogens (tertiary/aromatic N) is 1. The standard InChI is InChI=1S/C39H42N2O5/c1-45-39(44)36(40-35-20-12-11-19-34(35)38(43)31-15-7-3-8-16-31)27-30-21-23-33(24-22-30)46-26-25-41(32-17-9-4-10-18-32)37(42)28-29-13-5-2-6-14-29/h3-4,7-12,15-24,29,36,40H,2,5-6,13-14,25-28H2,1H3/t36-/m0/s1. The van der Waals surface area contributed by atoms with Gasteiger partial charge in [-0.1, -0.05) is 92.1 Å². The minimum atomic E-state index is -0.712. The number of carbonyl (C=O) groups excluding carboxylic acids is 3. The highest BCUT2D eigenvalue weighted by molar-refractivity contribution is 6.12. The van der Waals surface area contributed by atoms with Crippen LogP contribution in [0.5, 0.6) is 5.75 Å². The third-order valence-electron chi connectivity index (χ3n) is 8.53. The van der Waals surface area contributed by atoms with Gasteiger partial charge in [-0.15, -0.1) is 0 Å². The largest absolute Gasteiger partial charge is 0.492 e. The number of ether oxygens (including phenoxy) is 2. The molecule has 0 spiro atoms. The molecule has 0 saturated heterocycles. The maximum atomic E-state index is 13.4. The van der Waals surface area contributed by atoms with E-state index in [-0.39, 0.29) is 11.7 Å². The maximum Gasteiger partial charge on any atom is 0.328 e. The van der Waals surface area contributed by atoms with E-state index in [4.69, 9.17) is 9.47 Å². The number of hydrogen-bond donors (Lipinski definition) is 1. The summed E-state index contributed by atoms with van der Waals surface area (Å²) in [7, 11) is 1.35. The summed E-state index contributed by atoms with van der Waals surface area (Å²) in [6.07, 6.45) is 6.86. The first kappa shape index (κ1) is 32.5.